The molecule has 0 unspecified atom stereocenters. The van der Waals surface area contributed by atoms with Crippen molar-refractivity contribution in [1.29, 1.82) is 0 Å². The predicted molar refractivity (Wildman–Crippen MR) is 106 cm³/mol. The SMILES string of the molecule is Cc1nc([C@@](C)(CS(C)(=O)=O)NC(=O)c2cc(O[C@H](C)CF)c(C3CC3)cn2)no1. The first-order chi connectivity index (χ1) is 14.0. The van der Waals surface area contributed by atoms with Gasteiger partial charge in [-0.15, -0.1) is 0 Å². The van der Waals surface area contributed by atoms with Crippen LogP contribution < -0.4 is 10.1 Å². The van der Waals surface area contributed by atoms with Gasteiger partial charge < -0.3 is 14.6 Å². The number of nitrogens with zero attached hydrogens (tertiary/aromatic N) is 3. The number of alkyl halides is 1. The van der Waals surface area contributed by atoms with Gasteiger partial charge in [-0.05, 0) is 32.6 Å². The quantitative estimate of drug-likeness (QED) is 0.628. The second-order valence-corrected chi connectivity index (χ2v) is 10.1. The Morgan fingerprint density at radius 3 is 2.70 bits per heavy atom. The number of nitrogens with one attached hydrogen (secondary N) is 1. The third-order valence-electron chi connectivity index (χ3n) is 4.65. The van der Waals surface area contributed by atoms with Crippen molar-refractivity contribution < 1.29 is 26.9 Å². The van der Waals surface area contributed by atoms with Gasteiger partial charge in [0.25, 0.3) is 5.91 Å². The molecule has 9 nitrogen and oxygen atoms in total. The van der Waals surface area contributed by atoms with Gasteiger partial charge in [0, 0.05) is 31.0 Å². The Morgan fingerprint density at radius 1 is 1.47 bits per heavy atom. The molecule has 2 atom stereocenters. The maximum Gasteiger partial charge on any atom is 0.270 e. The number of carbonyl (C=O) groups excluding carboxylic acids is 1. The molecule has 11 heteroatoms. The van der Waals surface area contributed by atoms with Crippen LogP contribution in [0.1, 0.15) is 60.4 Å². The van der Waals surface area contributed by atoms with Gasteiger partial charge in [0.2, 0.25) is 5.89 Å². The molecule has 0 radical (unpaired) electrons. The maximum atomic E-state index is 12.9. The van der Waals surface area contributed by atoms with E-state index in [0.29, 0.717) is 5.75 Å². The van der Waals surface area contributed by atoms with Gasteiger partial charge in [-0.25, -0.2) is 12.8 Å². The lowest BCUT2D eigenvalue weighted by Gasteiger charge is -2.26. The summed E-state index contributed by atoms with van der Waals surface area (Å²) in [5, 5.41) is 6.44. The van der Waals surface area contributed by atoms with Crippen LogP contribution >= 0.6 is 0 Å². The zero-order valence-electron chi connectivity index (χ0n) is 17.3. The molecule has 0 bridgehead atoms. The van der Waals surface area contributed by atoms with Gasteiger partial charge in [-0.2, -0.15) is 4.98 Å². The number of halogens is 1. The van der Waals surface area contributed by atoms with Gasteiger partial charge in [0.1, 0.15) is 39.6 Å². The summed E-state index contributed by atoms with van der Waals surface area (Å²) in [7, 11) is -3.51. The Morgan fingerprint density at radius 2 is 2.17 bits per heavy atom. The number of hydrogen-bond acceptors (Lipinski definition) is 8. The van der Waals surface area contributed by atoms with Crippen molar-refractivity contribution in [2.24, 2.45) is 0 Å². The van der Waals surface area contributed by atoms with Crippen molar-refractivity contribution >= 4 is 15.7 Å². The van der Waals surface area contributed by atoms with Gasteiger partial charge in [-0.1, -0.05) is 5.16 Å². The van der Waals surface area contributed by atoms with E-state index in [1.165, 1.54) is 13.0 Å². The van der Waals surface area contributed by atoms with Crippen LogP contribution in [-0.4, -0.2) is 54.2 Å². The second-order valence-electron chi connectivity index (χ2n) is 7.96. The van der Waals surface area contributed by atoms with Gasteiger partial charge in [-0.3, -0.25) is 9.78 Å². The van der Waals surface area contributed by atoms with Crippen molar-refractivity contribution in [3.8, 4) is 5.75 Å². The number of pyridine rings is 1. The van der Waals surface area contributed by atoms with Crippen LogP contribution in [0.5, 0.6) is 5.75 Å². The highest BCUT2D eigenvalue weighted by atomic mass is 32.2. The Balaban J connectivity index is 1.91. The molecular formula is C19H25FN4O5S. The van der Waals surface area contributed by atoms with Crippen molar-refractivity contribution in [2.75, 3.05) is 18.7 Å². The summed E-state index contributed by atoms with van der Waals surface area (Å²) in [5.41, 5.74) is -0.591. The van der Waals surface area contributed by atoms with E-state index >= 15 is 0 Å². The molecule has 0 aromatic carbocycles. The molecule has 2 aromatic rings. The van der Waals surface area contributed by atoms with Crippen LogP contribution in [0.25, 0.3) is 0 Å². The van der Waals surface area contributed by atoms with Crippen molar-refractivity contribution in [1.82, 2.24) is 20.4 Å². The molecule has 1 amide bonds. The van der Waals surface area contributed by atoms with E-state index in [1.54, 1.807) is 20.0 Å². The third kappa shape index (κ3) is 5.32. The normalized spacial score (nSPS) is 17.2. The summed E-state index contributed by atoms with van der Waals surface area (Å²) in [6, 6.07) is 1.46. The minimum Gasteiger partial charge on any atom is -0.488 e. The summed E-state index contributed by atoms with van der Waals surface area (Å²) in [4.78, 5) is 21.2. The maximum absolute atomic E-state index is 12.9. The van der Waals surface area contributed by atoms with Crippen molar-refractivity contribution in [2.45, 2.75) is 51.2 Å². The standard InChI is InChI=1S/C19H25FN4O5S/c1-11(8-20)28-16-7-15(21-9-14(16)13-5-6-13)17(25)23-19(3,10-30(4,26)27)18-22-12(2)29-24-18/h7,9,11,13H,5-6,8,10H2,1-4H3,(H,23,25)/t11-,19-/m1/s1. The summed E-state index contributed by atoms with van der Waals surface area (Å²) in [6.07, 6.45) is 3.91. The number of aromatic nitrogens is 3. The molecule has 0 aliphatic heterocycles. The highest BCUT2D eigenvalue weighted by molar-refractivity contribution is 7.90. The average Bonchev–Trinajstić information content (AvgIpc) is 3.39. The van der Waals surface area contributed by atoms with Gasteiger partial charge >= 0.3 is 0 Å². The topological polar surface area (TPSA) is 124 Å². The van der Waals surface area contributed by atoms with Crippen LogP contribution in [0.2, 0.25) is 0 Å². The van der Waals surface area contributed by atoms with Gasteiger partial charge in [0.15, 0.2) is 5.82 Å². The number of ether oxygens (including phenoxy) is 1. The average molecular weight is 440 g/mol. The largest absolute Gasteiger partial charge is 0.488 e. The van der Waals surface area contributed by atoms with Crippen LogP contribution in [0.15, 0.2) is 16.8 Å². The molecule has 1 fully saturated rings. The van der Waals surface area contributed by atoms with Crippen LogP contribution in [0, 0.1) is 6.92 Å². The van der Waals surface area contributed by atoms with E-state index in [9.17, 15) is 17.6 Å². The summed E-state index contributed by atoms with van der Waals surface area (Å²) >= 11 is 0. The Hall–Kier alpha value is -2.56. The van der Waals surface area contributed by atoms with E-state index in [1.807, 2.05) is 0 Å². The zero-order valence-corrected chi connectivity index (χ0v) is 18.1. The monoisotopic (exact) mass is 440 g/mol. The molecule has 1 N–H and O–H groups in total. The predicted octanol–water partition coefficient (Wildman–Crippen LogP) is 2.08. The smallest absolute Gasteiger partial charge is 0.270 e. The minimum absolute atomic E-state index is 0.0143. The van der Waals surface area contributed by atoms with Crippen LogP contribution in [-0.2, 0) is 15.4 Å². The molecule has 1 saturated carbocycles. The first kappa shape index (κ1) is 22.1. The zero-order chi connectivity index (χ0) is 22.1. The second kappa shape index (κ2) is 8.29. The third-order valence-corrected chi connectivity index (χ3v) is 5.75. The fourth-order valence-electron chi connectivity index (χ4n) is 3.14. The van der Waals surface area contributed by atoms with E-state index < -0.39 is 39.8 Å². The molecule has 0 saturated heterocycles. The Kier molecular flexibility index (Phi) is 6.11. The lowest BCUT2D eigenvalue weighted by Crippen LogP contribution is -2.49. The summed E-state index contributed by atoms with van der Waals surface area (Å²) in [5.74, 6) is -0.105. The number of sulfone groups is 1. The molecule has 2 heterocycles. The molecule has 1 aliphatic carbocycles. The van der Waals surface area contributed by atoms with E-state index in [-0.39, 0.29) is 23.3 Å². The highest BCUT2D eigenvalue weighted by Gasteiger charge is 2.38. The minimum atomic E-state index is -3.51. The summed E-state index contributed by atoms with van der Waals surface area (Å²) < 4.78 is 47.5. The number of rotatable bonds is 9. The molecule has 3 rings (SSSR count). The fraction of sp³-hybridized carbons (Fsp3) is 0.579. The first-order valence-electron chi connectivity index (χ1n) is 9.54. The molecular weight excluding hydrogens is 415 g/mol. The number of hydrogen-bond donors (Lipinski definition) is 1. The van der Waals surface area contributed by atoms with E-state index in [2.05, 4.69) is 20.4 Å². The number of carbonyl (C=O) groups is 1. The molecule has 1 aliphatic rings. The Labute approximate surface area is 174 Å². The first-order valence-corrected chi connectivity index (χ1v) is 11.6. The molecule has 2 aromatic heterocycles. The van der Waals surface area contributed by atoms with E-state index in [0.717, 1.165) is 24.7 Å². The van der Waals surface area contributed by atoms with Crippen molar-refractivity contribution in [3.63, 3.8) is 0 Å². The Bertz CT molecular complexity index is 1040. The molecule has 30 heavy (non-hydrogen) atoms. The molecule has 164 valence electrons. The number of aryl methyl sites for hydroxylation is 1. The van der Waals surface area contributed by atoms with Crippen molar-refractivity contribution in [3.05, 3.63) is 35.2 Å². The van der Waals surface area contributed by atoms with Crippen LogP contribution in [0.3, 0.4) is 0 Å². The molecule has 0 spiro atoms. The lowest BCUT2D eigenvalue weighted by atomic mass is 10.0. The highest BCUT2D eigenvalue weighted by Crippen LogP contribution is 2.44. The number of amides is 1. The fourth-order valence-corrected chi connectivity index (χ4v) is 4.39. The summed E-state index contributed by atoms with van der Waals surface area (Å²) in [6.45, 7) is 3.99. The lowest BCUT2D eigenvalue weighted by molar-refractivity contribution is 0.0902. The van der Waals surface area contributed by atoms with Gasteiger partial charge in [0.05, 0.1) is 5.75 Å². The van der Waals surface area contributed by atoms with E-state index in [4.69, 9.17) is 9.26 Å². The van der Waals surface area contributed by atoms with Crippen LogP contribution in [0.4, 0.5) is 4.39 Å².